The minimum absolute atomic E-state index is 0. The van der Waals surface area contributed by atoms with E-state index >= 15 is 0 Å². The van der Waals surface area contributed by atoms with Gasteiger partial charge in [0.1, 0.15) is 5.39 Å². The van der Waals surface area contributed by atoms with E-state index in [-0.39, 0.29) is 103 Å². The molecule has 0 unspecified atom stereocenters. The minimum Gasteiger partial charge on any atom is -0.420 e. The van der Waals surface area contributed by atoms with Gasteiger partial charge < -0.3 is 58.5 Å². The first-order valence-corrected chi connectivity index (χ1v) is 28.8. The van der Waals surface area contributed by atoms with Gasteiger partial charge in [-0.15, -0.1) is 0 Å². The summed E-state index contributed by atoms with van der Waals surface area (Å²) in [6.07, 6.45) is 5.01. The van der Waals surface area contributed by atoms with Gasteiger partial charge in [-0.2, -0.15) is 17.2 Å². The summed E-state index contributed by atoms with van der Waals surface area (Å²) in [4.78, 5) is 69.1. The normalized spacial score (nSPS) is 17.2. The van der Waals surface area contributed by atoms with E-state index in [0.29, 0.717) is 37.3 Å². The monoisotopic (exact) mass is 1220 g/mol. The number of benzene rings is 3. The third-order valence-electron chi connectivity index (χ3n) is 14.5. The number of esters is 1. The van der Waals surface area contributed by atoms with Crippen molar-refractivity contribution in [1.29, 1.82) is 0 Å². The number of hydrogen-bond acceptors (Lipinski definition) is 15. The van der Waals surface area contributed by atoms with Gasteiger partial charge in [0.25, 0.3) is 0 Å². The second-order valence-electron chi connectivity index (χ2n) is 20.8. The van der Waals surface area contributed by atoms with Crippen molar-refractivity contribution >= 4 is 62.4 Å². The zero-order chi connectivity index (χ0) is 60.7. The lowest BCUT2D eigenvalue weighted by atomic mass is 9.89. The largest absolute Gasteiger partial charge is 0.420 e. The van der Waals surface area contributed by atoms with E-state index in [1.54, 1.807) is 32.3 Å². The molecule has 28 heteroatoms. The number of anilines is 2. The molecule has 0 saturated heterocycles. The SMILES string of the molecule is CC(C)[C@H](NC(=O)CCOCCOCCOCCC(=O)Oc1c(F)c(F)c(F)c(F)c1F)C(=O)C[C@@H](CCCNC(N)=O)C(=O)Nc1ccc(C[n+]2cnc(N[C@@H]3CCc4ccccc43)c3ccn([C@H]4C[C@H](COS(N)(=O)=O)[C@H](O)C4)c32)cc1.[CH3-]. The fourth-order valence-corrected chi connectivity index (χ4v) is 10.6. The molecular weight excluding hydrogens is 1150 g/mol. The maximum atomic E-state index is 14.0. The number of hydrogen-bond donors (Lipinski definition) is 7. The summed E-state index contributed by atoms with van der Waals surface area (Å²) in [5.41, 5.74) is 9.86. The lowest BCUT2D eigenvalue weighted by molar-refractivity contribution is -0.668. The summed E-state index contributed by atoms with van der Waals surface area (Å²) in [5, 5.41) is 28.8. The third kappa shape index (κ3) is 18.6. The van der Waals surface area contributed by atoms with Crippen LogP contribution in [0.15, 0.2) is 67.1 Å². The van der Waals surface area contributed by atoms with Crippen LogP contribution in [0, 0.1) is 54.3 Å². The summed E-state index contributed by atoms with van der Waals surface area (Å²) in [6, 6.07) is 15.5. The number of carbonyl (C=O) groups is 5. The first-order chi connectivity index (χ1) is 40.1. The second kappa shape index (κ2) is 31.3. The Morgan fingerprint density at radius 1 is 0.859 bits per heavy atom. The quantitative estimate of drug-likeness (QED) is 0.00398. The number of Topliss-reactive ketones (excluding diaryl/α,β-unsaturated/α-hetero) is 1. The Labute approximate surface area is 488 Å². The number of nitrogens with zero attached hydrogens (tertiary/aromatic N) is 3. The van der Waals surface area contributed by atoms with Crippen LogP contribution in [0.3, 0.4) is 0 Å². The van der Waals surface area contributed by atoms with Gasteiger partial charge in [-0.3, -0.25) is 27.9 Å². The predicted octanol–water partition coefficient (Wildman–Crippen LogP) is 5.69. The Hall–Kier alpha value is -7.21. The van der Waals surface area contributed by atoms with E-state index in [9.17, 15) is 59.4 Å². The van der Waals surface area contributed by atoms with Crippen molar-refractivity contribution in [3.8, 4) is 5.75 Å². The van der Waals surface area contributed by atoms with E-state index < -0.39 is 99.4 Å². The number of urea groups is 1. The summed E-state index contributed by atoms with van der Waals surface area (Å²) in [7, 11) is -4.21. The molecule has 2 aliphatic rings. The number of aliphatic hydroxyl groups is 1. The van der Waals surface area contributed by atoms with E-state index in [2.05, 4.69) is 42.7 Å². The molecule has 0 bridgehead atoms. The molecular formula is C57H72F5N9O13S. The van der Waals surface area contributed by atoms with Crippen molar-refractivity contribution < 1.29 is 87.1 Å². The lowest BCUT2D eigenvalue weighted by Gasteiger charge is -2.24. The smallest absolute Gasteiger partial charge is 0.333 e. The van der Waals surface area contributed by atoms with Crippen LogP contribution in [0.4, 0.5) is 38.3 Å². The third-order valence-corrected chi connectivity index (χ3v) is 14.9. The van der Waals surface area contributed by atoms with Crippen molar-refractivity contribution in [1.82, 2.24) is 20.2 Å². The highest BCUT2D eigenvalue weighted by Crippen LogP contribution is 2.39. The highest BCUT2D eigenvalue weighted by atomic mass is 32.2. The van der Waals surface area contributed by atoms with Crippen molar-refractivity contribution in [2.75, 3.05) is 63.4 Å². The van der Waals surface area contributed by atoms with Gasteiger partial charge in [0.05, 0.1) is 89.6 Å². The number of amides is 4. The lowest BCUT2D eigenvalue weighted by Crippen LogP contribution is -2.45. The molecule has 5 aromatic rings. The summed E-state index contributed by atoms with van der Waals surface area (Å²) >= 11 is 0. The van der Waals surface area contributed by atoms with E-state index in [4.69, 9.17) is 34.3 Å². The number of ether oxygens (including phenoxy) is 4. The number of aryl methyl sites for hydroxylation is 1. The van der Waals surface area contributed by atoms with Gasteiger partial charge in [-0.1, -0.05) is 55.2 Å². The predicted molar refractivity (Wildman–Crippen MR) is 299 cm³/mol. The Balaban J connectivity index is 0.0000116. The summed E-state index contributed by atoms with van der Waals surface area (Å²) in [5.74, 6) is -16.9. The number of aromatic nitrogens is 3. The number of primary amides is 1. The van der Waals surface area contributed by atoms with Gasteiger partial charge in [-0.05, 0) is 72.9 Å². The number of nitrogens with two attached hydrogens (primary N) is 2. The standard InChI is InChI=1S/C56H68F5N9O13S.CH3/c1-32(2)51(68-44(73)16-20-79-22-24-81-25-23-80-21-17-45(74)83-52-49(60)47(58)46(57)48(59)50(52)61)43(72)27-35(7-5-18-64-56(62)76)54(75)66-37-12-9-33(10-13-37)29-69-31-65-53(67-41-14-11-34-6-3-4-8-39(34)41)40-15-19-70(55(40)69)38-26-36(42(71)28-38)30-82-84(63,77)78;/h3-4,6,8-10,12-13,15,19,31-32,35-36,38,41-42,51,71H,5,7,11,14,16-18,20-30H2,1-2H3,(H7,62,63,64,66,68,73,75,76,77,78);1H3/q;-1/p+1/t35-,36-,38+,41-,42-,51+;/m1./s1. The van der Waals surface area contributed by atoms with Crippen LogP contribution >= 0.6 is 0 Å². The van der Waals surface area contributed by atoms with Crippen LogP contribution in [0.2, 0.25) is 0 Å². The highest BCUT2D eigenvalue weighted by Gasteiger charge is 2.39. The van der Waals surface area contributed by atoms with Gasteiger partial charge in [-0.25, -0.2) is 27.7 Å². The average molecular weight is 1220 g/mol. The molecule has 1 saturated carbocycles. The van der Waals surface area contributed by atoms with Crippen LogP contribution in [-0.4, -0.2) is 118 Å². The first kappa shape index (κ1) is 66.9. The number of ketones is 1. The van der Waals surface area contributed by atoms with Gasteiger partial charge in [0.15, 0.2) is 5.78 Å². The van der Waals surface area contributed by atoms with E-state index in [1.807, 2.05) is 41.1 Å². The van der Waals surface area contributed by atoms with Crippen molar-refractivity contribution in [3.05, 3.63) is 120 Å². The van der Waals surface area contributed by atoms with E-state index in [1.165, 1.54) is 11.1 Å². The van der Waals surface area contributed by atoms with Crippen molar-refractivity contribution in [2.45, 2.75) is 102 Å². The maximum absolute atomic E-state index is 14.0. The molecule has 2 aromatic heterocycles. The zero-order valence-electron chi connectivity index (χ0n) is 47.3. The van der Waals surface area contributed by atoms with E-state index in [0.717, 1.165) is 29.4 Å². The topological polar surface area (TPSA) is 308 Å². The number of nitrogens with one attached hydrogen (secondary N) is 4. The number of aliphatic hydroxyl groups excluding tert-OH is 1. The first-order valence-electron chi connectivity index (χ1n) is 27.4. The molecule has 1 fully saturated rings. The number of halogens is 5. The maximum Gasteiger partial charge on any atom is 0.333 e. The average Bonchev–Trinajstić information content (AvgIpc) is 2.57. The van der Waals surface area contributed by atoms with Gasteiger partial charge in [0, 0.05) is 43.3 Å². The molecule has 22 nitrogen and oxygen atoms in total. The Kier molecular flexibility index (Phi) is 24.6. The molecule has 2 aliphatic carbocycles. The fourth-order valence-electron chi connectivity index (χ4n) is 10.2. The highest BCUT2D eigenvalue weighted by molar-refractivity contribution is 7.84. The van der Waals surface area contributed by atoms with Crippen LogP contribution < -0.4 is 41.4 Å². The molecule has 464 valence electrons. The van der Waals surface area contributed by atoms with Gasteiger partial charge in [0.2, 0.25) is 64.4 Å². The molecule has 0 spiro atoms. The Bertz CT molecular complexity index is 3220. The fraction of sp³-hybridized carbons (Fsp3) is 0.474. The van der Waals surface area contributed by atoms with Crippen LogP contribution in [0.25, 0.3) is 11.0 Å². The molecule has 2 heterocycles. The number of rotatable bonds is 32. The van der Waals surface area contributed by atoms with Crippen LogP contribution in [0.5, 0.6) is 5.75 Å². The number of carbonyl (C=O) groups excluding carboxylic acids is 5. The molecule has 0 radical (unpaired) electrons. The van der Waals surface area contributed by atoms with Gasteiger partial charge >= 0.3 is 22.3 Å². The molecule has 3 aromatic carbocycles. The Morgan fingerprint density at radius 2 is 1.51 bits per heavy atom. The van der Waals surface area contributed by atoms with Crippen molar-refractivity contribution in [3.63, 3.8) is 0 Å². The molecule has 9 N–H and O–H groups in total. The summed E-state index contributed by atoms with van der Waals surface area (Å²) in [6.45, 7) is 3.51. The second-order valence-corrected chi connectivity index (χ2v) is 22.1. The molecule has 7 rings (SSSR count). The summed E-state index contributed by atoms with van der Waals surface area (Å²) < 4.78 is 120. The van der Waals surface area contributed by atoms with Crippen LogP contribution in [-0.2, 0) is 60.8 Å². The van der Waals surface area contributed by atoms with Crippen molar-refractivity contribution in [2.24, 2.45) is 28.6 Å². The molecule has 4 amide bonds. The zero-order valence-corrected chi connectivity index (χ0v) is 48.1. The molecule has 6 atom stereocenters. The molecule has 0 aliphatic heterocycles. The van der Waals surface area contributed by atoms with Crippen LogP contribution in [0.1, 0.15) is 94.0 Å². The minimum atomic E-state index is -4.21. The number of fused-ring (bicyclic) bond motifs is 2. The molecule has 85 heavy (non-hydrogen) atoms. The Morgan fingerprint density at radius 3 is 2.16 bits per heavy atom.